The second-order valence-corrected chi connectivity index (χ2v) is 4.42. The van der Waals surface area contributed by atoms with Crippen LogP contribution in [0.1, 0.15) is 18.4 Å². The summed E-state index contributed by atoms with van der Waals surface area (Å²) in [5.74, 6) is 0.0864. The molecule has 0 saturated carbocycles. The van der Waals surface area contributed by atoms with E-state index in [0.717, 1.165) is 17.8 Å². The zero-order valence-electron chi connectivity index (χ0n) is 8.90. The van der Waals surface area contributed by atoms with Gasteiger partial charge in [0.25, 0.3) is 0 Å². The predicted octanol–water partition coefficient (Wildman–Crippen LogP) is 0.787. The predicted molar refractivity (Wildman–Crippen MR) is 61.7 cm³/mol. The first-order valence-electron chi connectivity index (χ1n) is 5.10. The maximum atomic E-state index is 11.5. The van der Waals surface area contributed by atoms with E-state index in [9.17, 15) is 4.79 Å². The summed E-state index contributed by atoms with van der Waals surface area (Å²) in [5, 5.41) is 5.87. The molecule has 1 aromatic rings. The monoisotopic (exact) mass is 227 g/mol. The SMILES string of the molecule is CC(CCN)C(=O)NCCc1nccs1. The minimum absolute atomic E-state index is 0.00583. The highest BCUT2D eigenvalue weighted by Gasteiger charge is 2.10. The van der Waals surface area contributed by atoms with Gasteiger partial charge in [-0.2, -0.15) is 0 Å². The van der Waals surface area contributed by atoms with E-state index >= 15 is 0 Å². The third-order valence-corrected chi connectivity index (χ3v) is 3.01. The number of nitrogens with one attached hydrogen (secondary N) is 1. The number of thiazole rings is 1. The summed E-state index contributed by atoms with van der Waals surface area (Å²) in [7, 11) is 0. The fourth-order valence-electron chi connectivity index (χ4n) is 1.22. The molecule has 1 amide bonds. The topological polar surface area (TPSA) is 68.0 Å². The highest BCUT2D eigenvalue weighted by atomic mass is 32.1. The summed E-state index contributed by atoms with van der Waals surface area (Å²) < 4.78 is 0. The summed E-state index contributed by atoms with van der Waals surface area (Å²) in [5.41, 5.74) is 5.38. The van der Waals surface area contributed by atoms with Crippen LogP contribution in [0, 0.1) is 5.92 Å². The number of nitrogens with zero attached hydrogens (tertiary/aromatic N) is 1. The molecule has 3 N–H and O–H groups in total. The average molecular weight is 227 g/mol. The van der Waals surface area contributed by atoms with Crippen LogP contribution in [0.5, 0.6) is 0 Å². The number of aromatic nitrogens is 1. The van der Waals surface area contributed by atoms with E-state index in [1.807, 2.05) is 12.3 Å². The Morgan fingerprint density at radius 2 is 2.53 bits per heavy atom. The number of carbonyl (C=O) groups is 1. The van der Waals surface area contributed by atoms with Gasteiger partial charge in [0.15, 0.2) is 0 Å². The summed E-state index contributed by atoms with van der Waals surface area (Å²) in [6.45, 7) is 3.11. The largest absolute Gasteiger partial charge is 0.355 e. The summed E-state index contributed by atoms with van der Waals surface area (Å²) in [6, 6.07) is 0. The fourth-order valence-corrected chi connectivity index (χ4v) is 1.84. The Kier molecular flexibility index (Phi) is 5.28. The van der Waals surface area contributed by atoms with E-state index < -0.39 is 0 Å². The molecule has 1 rings (SSSR count). The molecule has 0 aliphatic rings. The van der Waals surface area contributed by atoms with Gasteiger partial charge in [-0.15, -0.1) is 11.3 Å². The third-order valence-electron chi connectivity index (χ3n) is 2.17. The lowest BCUT2D eigenvalue weighted by atomic mass is 10.1. The number of hydrogen-bond donors (Lipinski definition) is 2. The van der Waals surface area contributed by atoms with Crippen LogP contribution in [0.3, 0.4) is 0 Å². The number of amides is 1. The van der Waals surface area contributed by atoms with E-state index in [0.29, 0.717) is 13.1 Å². The molecule has 5 heteroatoms. The van der Waals surface area contributed by atoms with Gasteiger partial charge in [-0.25, -0.2) is 4.98 Å². The van der Waals surface area contributed by atoms with Crippen molar-refractivity contribution >= 4 is 17.2 Å². The van der Waals surface area contributed by atoms with Crippen molar-refractivity contribution < 1.29 is 4.79 Å². The lowest BCUT2D eigenvalue weighted by molar-refractivity contribution is -0.124. The van der Waals surface area contributed by atoms with Crippen molar-refractivity contribution in [3.8, 4) is 0 Å². The second kappa shape index (κ2) is 6.53. The van der Waals surface area contributed by atoms with Gasteiger partial charge in [-0.3, -0.25) is 4.79 Å². The van der Waals surface area contributed by atoms with Crippen molar-refractivity contribution in [2.24, 2.45) is 11.7 Å². The van der Waals surface area contributed by atoms with Crippen LogP contribution in [0.4, 0.5) is 0 Å². The number of rotatable bonds is 6. The first kappa shape index (κ1) is 12.1. The van der Waals surface area contributed by atoms with E-state index in [4.69, 9.17) is 5.73 Å². The maximum absolute atomic E-state index is 11.5. The lowest BCUT2D eigenvalue weighted by Crippen LogP contribution is -2.31. The van der Waals surface area contributed by atoms with Gasteiger partial charge in [0, 0.05) is 30.5 Å². The first-order chi connectivity index (χ1) is 7.24. The zero-order valence-corrected chi connectivity index (χ0v) is 9.72. The molecule has 0 aliphatic heterocycles. The summed E-state index contributed by atoms with van der Waals surface area (Å²) in [4.78, 5) is 15.6. The molecule has 0 aromatic carbocycles. The molecule has 84 valence electrons. The Morgan fingerprint density at radius 3 is 3.13 bits per heavy atom. The van der Waals surface area contributed by atoms with Crippen LogP contribution in [-0.4, -0.2) is 24.0 Å². The standard InChI is InChI=1S/C10H17N3OS/c1-8(2-4-11)10(14)13-5-3-9-12-6-7-15-9/h6-8H,2-5,11H2,1H3,(H,13,14). The molecular weight excluding hydrogens is 210 g/mol. The first-order valence-corrected chi connectivity index (χ1v) is 5.98. The number of nitrogens with two attached hydrogens (primary N) is 1. The lowest BCUT2D eigenvalue weighted by Gasteiger charge is -2.09. The average Bonchev–Trinajstić information content (AvgIpc) is 2.71. The molecule has 1 heterocycles. The van der Waals surface area contributed by atoms with Gasteiger partial charge in [-0.1, -0.05) is 6.92 Å². The van der Waals surface area contributed by atoms with Crippen molar-refractivity contribution in [1.29, 1.82) is 0 Å². The molecule has 4 nitrogen and oxygen atoms in total. The van der Waals surface area contributed by atoms with Crippen molar-refractivity contribution in [1.82, 2.24) is 10.3 Å². The Balaban J connectivity index is 2.17. The van der Waals surface area contributed by atoms with E-state index in [1.54, 1.807) is 17.5 Å². The zero-order chi connectivity index (χ0) is 11.1. The van der Waals surface area contributed by atoms with Crippen LogP contribution < -0.4 is 11.1 Å². The minimum atomic E-state index is 0.00583. The Morgan fingerprint density at radius 1 is 1.73 bits per heavy atom. The van der Waals surface area contributed by atoms with Crippen LogP contribution in [0.15, 0.2) is 11.6 Å². The summed E-state index contributed by atoms with van der Waals surface area (Å²) >= 11 is 1.61. The molecule has 1 atom stereocenters. The van der Waals surface area contributed by atoms with E-state index in [-0.39, 0.29) is 11.8 Å². The smallest absolute Gasteiger partial charge is 0.222 e. The van der Waals surface area contributed by atoms with Crippen molar-refractivity contribution in [2.45, 2.75) is 19.8 Å². The Labute approximate surface area is 93.9 Å². The third kappa shape index (κ3) is 4.40. The molecule has 0 bridgehead atoms. The van der Waals surface area contributed by atoms with Crippen LogP contribution in [0.2, 0.25) is 0 Å². The highest BCUT2D eigenvalue weighted by Crippen LogP contribution is 2.04. The normalized spacial score (nSPS) is 12.4. The van der Waals surface area contributed by atoms with Gasteiger partial charge >= 0.3 is 0 Å². The van der Waals surface area contributed by atoms with Crippen LogP contribution >= 0.6 is 11.3 Å². The minimum Gasteiger partial charge on any atom is -0.355 e. The van der Waals surface area contributed by atoms with Gasteiger partial charge < -0.3 is 11.1 Å². The Bertz CT molecular complexity index is 287. The molecular formula is C10H17N3OS. The summed E-state index contributed by atoms with van der Waals surface area (Å²) in [6.07, 6.45) is 3.32. The van der Waals surface area contributed by atoms with E-state index in [2.05, 4.69) is 10.3 Å². The van der Waals surface area contributed by atoms with Crippen molar-refractivity contribution in [3.63, 3.8) is 0 Å². The maximum Gasteiger partial charge on any atom is 0.222 e. The Hall–Kier alpha value is -0.940. The quantitative estimate of drug-likeness (QED) is 0.755. The van der Waals surface area contributed by atoms with Gasteiger partial charge in [-0.05, 0) is 13.0 Å². The molecule has 15 heavy (non-hydrogen) atoms. The van der Waals surface area contributed by atoms with Crippen molar-refractivity contribution in [2.75, 3.05) is 13.1 Å². The molecule has 1 unspecified atom stereocenters. The molecule has 0 radical (unpaired) electrons. The molecule has 1 aromatic heterocycles. The number of hydrogen-bond acceptors (Lipinski definition) is 4. The molecule has 0 aliphatic carbocycles. The molecule has 0 saturated heterocycles. The molecule has 0 spiro atoms. The van der Waals surface area contributed by atoms with Gasteiger partial charge in [0.1, 0.15) is 0 Å². The fraction of sp³-hybridized carbons (Fsp3) is 0.600. The van der Waals surface area contributed by atoms with Crippen LogP contribution in [0.25, 0.3) is 0 Å². The van der Waals surface area contributed by atoms with Gasteiger partial charge in [0.2, 0.25) is 5.91 Å². The molecule has 0 fully saturated rings. The second-order valence-electron chi connectivity index (χ2n) is 3.45. The highest BCUT2D eigenvalue weighted by molar-refractivity contribution is 7.09. The van der Waals surface area contributed by atoms with Crippen LogP contribution in [-0.2, 0) is 11.2 Å². The number of carbonyl (C=O) groups excluding carboxylic acids is 1. The van der Waals surface area contributed by atoms with Gasteiger partial charge in [0.05, 0.1) is 5.01 Å². The van der Waals surface area contributed by atoms with E-state index in [1.165, 1.54) is 0 Å². The van der Waals surface area contributed by atoms with Crippen molar-refractivity contribution in [3.05, 3.63) is 16.6 Å².